The standard InChI is InChI=1S/C15H23NOS2/c1-15(2,3)19(17)11-9-16-13-8-10-18-14-7-5-4-6-12(13)14/h4-7,13,16H,8-11H2,1-3H3. The van der Waals surface area contributed by atoms with Crippen molar-refractivity contribution < 1.29 is 4.21 Å². The topological polar surface area (TPSA) is 29.1 Å². The highest BCUT2D eigenvalue weighted by Crippen LogP contribution is 2.35. The van der Waals surface area contributed by atoms with Gasteiger partial charge in [0.2, 0.25) is 0 Å². The maximum absolute atomic E-state index is 12.0. The normalized spacial score (nSPS) is 20.9. The molecule has 0 amide bonds. The zero-order valence-corrected chi connectivity index (χ0v) is 13.6. The first kappa shape index (κ1) is 15.1. The molecular weight excluding hydrogens is 274 g/mol. The second-order valence-corrected chi connectivity index (χ2v) is 9.30. The van der Waals surface area contributed by atoms with E-state index in [1.807, 2.05) is 32.5 Å². The predicted molar refractivity (Wildman–Crippen MR) is 85.3 cm³/mol. The van der Waals surface area contributed by atoms with Crippen molar-refractivity contribution in [3.05, 3.63) is 29.8 Å². The van der Waals surface area contributed by atoms with Crippen LogP contribution in [0.2, 0.25) is 0 Å². The third-order valence-corrected chi connectivity index (χ3v) is 6.38. The van der Waals surface area contributed by atoms with Crippen molar-refractivity contribution in [3.63, 3.8) is 0 Å². The van der Waals surface area contributed by atoms with E-state index in [9.17, 15) is 4.21 Å². The molecule has 2 nitrogen and oxygen atoms in total. The smallest absolute Gasteiger partial charge is 0.0375 e. The highest BCUT2D eigenvalue weighted by molar-refractivity contribution is 7.99. The number of nitrogens with one attached hydrogen (secondary N) is 1. The van der Waals surface area contributed by atoms with E-state index in [0.29, 0.717) is 6.04 Å². The average Bonchev–Trinajstić information content (AvgIpc) is 2.38. The fraction of sp³-hybridized carbons (Fsp3) is 0.600. The first-order valence-corrected chi connectivity index (χ1v) is 9.12. The molecule has 19 heavy (non-hydrogen) atoms. The van der Waals surface area contributed by atoms with Gasteiger partial charge in [-0.05, 0) is 44.6 Å². The summed E-state index contributed by atoms with van der Waals surface area (Å²) < 4.78 is 11.9. The van der Waals surface area contributed by atoms with Crippen molar-refractivity contribution in [1.82, 2.24) is 5.32 Å². The predicted octanol–water partition coefficient (Wildman–Crippen LogP) is 3.36. The summed E-state index contributed by atoms with van der Waals surface area (Å²) in [5, 5.41) is 3.57. The summed E-state index contributed by atoms with van der Waals surface area (Å²) in [6, 6.07) is 9.03. The van der Waals surface area contributed by atoms with E-state index in [0.717, 1.165) is 24.5 Å². The van der Waals surface area contributed by atoms with E-state index in [1.54, 1.807) is 0 Å². The Hall–Kier alpha value is -0.320. The number of benzene rings is 1. The van der Waals surface area contributed by atoms with Gasteiger partial charge in [0.15, 0.2) is 0 Å². The third kappa shape index (κ3) is 4.07. The molecule has 2 atom stereocenters. The van der Waals surface area contributed by atoms with E-state index in [2.05, 4.69) is 29.6 Å². The van der Waals surface area contributed by atoms with E-state index in [1.165, 1.54) is 10.5 Å². The minimum Gasteiger partial charge on any atom is -0.309 e. The number of rotatable bonds is 4. The maximum atomic E-state index is 12.0. The van der Waals surface area contributed by atoms with Crippen molar-refractivity contribution in [2.75, 3.05) is 18.1 Å². The lowest BCUT2D eigenvalue weighted by atomic mass is 10.0. The van der Waals surface area contributed by atoms with Crippen LogP contribution in [-0.4, -0.2) is 27.0 Å². The first-order chi connectivity index (χ1) is 8.98. The Balaban J connectivity index is 1.90. The number of hydrogen-bond acceptors (Lipinski definition) is 3. The lowest BCUT2D eigenvalue weighted by Gasteiger charge is -2.26. The molecule has 0 fully saturated rings. The Morgan fingerprint density at radius 2 is 2.11 bits per heavy atom. The van der Waals surface area contributed by atoms with Gasteiger partial charge in [0.05, 0.1) is 0 Å². The van der Waals surface area contributed by atoms with Crippen LogP contribution in [0.1, 0.15) is 38.8 Å². The molecule has 1 aromatic rings. The summed E-state index contributed by atoms with van der Waals surface area (Å²) in [7, 11) is -0.767. The summed E-state index contributed by atoms with van der Waals surface area (Å²) in [5.74, 6) is 1.90. The molecule has 0 aliphatic carbocycles. The lowest BCUT2D eigenvalue weighted by molar-refractivity contribution is 0.526. The van der Waals surface area contributed by atoms with E-state index < -0.39 is 10.8 Å². The van der Waals surface area contributed by atoms with Crippen molar-refractivity contribution in [1.29, 1.82) is 0 Å². The molecule has 4 heteroatoms. The fourth-order valence-corrected chi connectivity index (χ4v) is 4.23. The monoisotopic (exact) mass is 297 g/mol. The highest BCUT2D eigenvalue weighted by atomic mass is 32.2. The van der Waals surface area contributed by atoms with Crippen molar-refractivity contribution in [2.24, 2.45) is 0 Å². The molecular formula is C15H23NOS2. The zero-order valence-electron chi connectivity index (χ0n) is 11.9. The molecule has 2 rings (SSSR count). The van der Waals surface area contributed by atoms with Gasteiger partial charge >= 0.3 is 0 Å². The molecule has 1 heterocycles. The average molecular weight is 297 g/mol. The van der Waals surface area contributed by atoms with Crippen LogP contribution in [0.25, 0.3) is 0 Å². The van der Waals surface area contributed by atoms with Crippen LogP contribution in [0.4, 0.5) is 0 Å². The van der Waals surface area contributed by atoms with Crippen molar-refractivity contribution in [2.45, 2.75) is 42.9 Å². The van der Waals surface area contributed by atoms with Crippen LogP contribution in [0.15, 0.2) is 29.2 Å². The molecule has 1 aliphatic rings. The Labute approximate surface area is 123 Å². The number of hydrogen-bond donors (Lipinski definition) is 1. The number of fused-ring (bicyclic) bond motifs is 1. The van der Waals surface area contributed by atoms with Crippen LogP contribution in [0, 0.1) is 0 Å². The van der Waals surface area contributed by atoms with Gasteiger partial charge in [0.1, 0.15) is 0 Å². The Kier molecular flexibility index (Phi) is 5.09. The van der Waals surface area contributed by atoms with Gasteiger partial charge in [-0.15, -0.1) is 11.8 Å². The summed E-state index contributed by atoms with van der Waals surface area (Å²) in [6.45, 7) is 6.94. The molecule has 1 N–H and O–H groups in total. The molecule has 0 spiro atoms. The minimum absolute atomic E-state index is 0.109. The molecule has 0 saturated heterocycles. The second kappa shape index (κ2) is 6.42. The molecule has 0 aromatic heterocycles. The third-order valence-electron chi connectivity index (χ3n) is 3.32. The molecule has 2 unspecified atom stereocenters. The summed E-state index contributed by atoms with van der Waals surface area (Å²) in [5.41, 5.74) is 1.40. The molecule has 106 valence electrons. The Morgan fingerprint density at radius 3 is 2.84 bits per heavy atom. The summed E-state index contributed by atoms with van der Waals surface area (Å²) in [6.07, 6.45) is 1.16. The van der Waals surface area contributed by atoms with Crippen LogP contribution in [0.5, 0.6) is 0 Å². The van der Waals surface area contributed by atoms with Crippen LogP contribution < -0.4 is 5.32 Å². The highest BCUT2D eigenvalue weighted by Gasteiger charge is 2.22. The van der Waals surface area contributed by atoms with Gasteiger partial charge in [0.25, 0.3) is 0 Å². The quantitative estimate of drug-likeness (QED) is 0.924. The van der Waals surface area contributed by atoms with E-state index in [4.69, 9.17) is 0 Å². The number of thioether (sulfide) groups is 1. The molecule has 1 aliphatic heterocycles. The van der Waals surface area contributed by atoms with Gasteiger partial charge < -0.3 is 5.32 Å². The van der Waals surface area contributed by atoms with Crippen molar-refractivity contribution in [3.8, 4) is 0 Å². The van der Waals surface area contributed by atoms with E-state index >= 15 is 0 Å². The Bertz CT molecular complexity index is 454. The van der Waals surface area contributed by atoms with Gasteiger partial charge in [0, 0.05) is 38.8 Å². The Morgan fingerprint density at radius 1 is 1.37 bits per heavy atom. The van der Waals surface area contributed by atoms with Crippen LogP contribution in [-0.2, 0) is 10.8 Å². The lowest BCUT2D eigenvalue weighted by Crippen LogP contribution is -2.32. The maximum Gasteiger partial charge on any atom is 0.0375 e. The van der Waals surface area contributed by atoms with Crippen LogP contribution >= 0.6 is 11.8 Å². The molecule has 1 aromatic carbocycles. The molecule has 0 bridgehead atoms. The van der Waals surface area contributed by atoms with E-state index in [-0.39, 0.29) is 4.75 Å². The fourth-order valence-electron chi connectivity index (χ4n) is 2.19. The molecule has 0 saturated carbocycles. The SMILES string of the molecule is CC(C)(C)S(=O)CCNC1CCSc2ccccc21. The zero-order chi connectivity index (χ0) is 13.9. The van der Waals surface area contributed by atoms with Gasteiger partial charge in [-0.25, -0.2) is 0 Å². The summed E-state index contributed by atoms with van der Waals surface area (Å²) in [4.78, 5) is 1.39. The largest absolute Gasteiger partial charge is 0.309 e. The first-order valence-electron chi connectivity index (χ1n) is 6.82. The second-order valence-electron chi connectivity index (χ2n) is 5.84. The van der Waals surface area contributed by atoms with Crippen LogP contribution in [0.3, 0.4) is 0 Å². The van der Waals surface area contributed by atoms with Gasteiger partial charge in [-0.2, -0.15) is 0 Å². The summed E-state index contributed by atoms with van der Waals surface area (Å²) >= 11 is 1.94. The molecule has 0 radical (unpaired) electrons. The van der Waals surface area contributed by atoms with Gasteiger partial charge in [-0.1, -0.05) is 18.2 Å². The van der Waals surface area contributed by atoms with Gasteiger partial charge in [-0.3, -0.25) is 4.21 Å². The van der Waals surface area contributed by atoms with Crippen molar-refractivity contribution >= 4 is 22.6 Å². The minimum atomic E-state index is -0.767.